The molecule has 0 aliphatic carbocycles. The average molecular weight is 382 g/mol. The van der Waals surface area contributed by atoms with Gasteiger partial charge in [0, 0.05) is 21.9 Å². The molecule has 0 aliphatic heterocycles. The van der Waals surface area contributed by atoms with E-state index < -0.39 is 0 Å². The van der Waals surface area contributed by atoms with Crippen molar-refractivity contribution in [2.75, 3.05) is 18.2 Å². The van der Waals surface area contributed by atoms with E-state index >= 15 is 0 Å². The molecule has 0 spiro atoms. The highest BCUT2D eigenvalue weighted by Crippen LogP contribution is 2.23. The highest BCUT2D eigenvalue weighted by Gasteiger charge is 2.12. The molecule has 7 heteroatoms. The lowest BCUT2D eigenvalue weighted by Crippen LogP contribution is -2.11. The second kappa shape index (κ2) is 8.14. The number of thioether (sulfide) groups is 1. The minimum Gasteiger partial charge on any atom is -0.466 e. The van der Waals surface area contributed by atoms with Crippen LogP contribution in [0.25, 0.3) is 0 Å². The van der Waals surface area contributed by atoms with Gasteiger partial charge in [-0.25, -0.2) is 9.97 Å². The maximum atomic E-state index is 11.7. The van der Waals surface area contributed by atoms with E-state index in [1.165, 1.54) is 11.8 Å². The van der Waals surface area contributed by atoms with Gasteiger partial charge in [-0.05, 0) is 37.4 Å². The van der Waals surface area contributed by atoms with Crippen LogP contribution in [0.1, 0.15) is 12.5 Å². The summed E-state index contributed by atoms with van der Waals surface area (Å²) in [6, 6.07) is 7.73. The van der Waals surface area contributed by atoms with Gasteiger partial charge >= 0.3 is 5.97 Å². The summed E-state index contributed by atoms with van der Waals surface area (Å²) in [7, 11) is 0. The van der Waals surface area contributed by atoms with Crippen molar-refractivity contribution in [1.29, 1.82) is 0 Å². The number of carbonyl (C=O) groups is 1. The Morgan fingerprint density at radius 3 is 2.73 bits per heavy atom. The van der Waals surface area contributed by atoms with Gasteiger partial charge in [0.25, 0.3) is 0 Å². The van der Waals surface area contributed by atoms with Gasteiger partial charge in [0.15, 0.2) is 5.16 Å². The van der Waals surface area contributed by atoms with Gasteiger partial charge in [-0.15, -0.1) is 0 Å². The molecular weight excluding hydrogens is 366 g/mol. The fourth-order valence-corrected chi connectivity index (χ4v) is 2.37. The van der Waals surface area contributed by atoms with Crippen LogP contribution in [0.3, 0.4) is 0 Å². The molecule has 0 unspecified atom stereocenters. The Balaban J connectivity index is 2.25. The molecule has 0 saturated heterocycles. The number of ether oxygens (including phenoxy) is 1. The van der Waals surface area contributed by atoms with Crippen LogP contribution < -0.4 is 5.32 Å². The van der Waals surface area contributed by atoms with Gasteiger partial charge in [-0.3, -0.25) is 4.79 Å². The quantitative estimate of drug-likeness (QED) is 0.466. The Bertz CT molecular complexity index is 650. The summed E-state index contributed by atoms with van der Waals surface area (Å²) in [5, 5.41) is 3.87. The monoisotopic (exact) mass is 381 g/mol. The van der Waals surface area contributed by atoms with Gasteiger partial charge in [-0.1, -0.05) is 27.7 Å². The summed E-state index contributed by atoms with van der Waals surface area (Å²) < 4.78 is 5.99. The highest BCUT2D eigenvalue weighted by molar-refractivity contribution is 9.10. The van der Waals surface area contributed by atoms with Gasteiger partial charge < -0.3 is 10.1 Å². The van der Waals surface area contributed by atoms with Crippen LogP contribution in [0, 0.1) is 0 Å². The first-order valence-electron chi connectivity index (χ1n) is 6.70. The van der Waals surface area contributed by atoms with Crippen molar-refractivity contribution in [1.82, 2.24) is 9.97 Å². The topological polar surface area (TPSA) is 64.1 Å². The smallest absolute Gasteiger partial charge is 0.310 e. The molecule has 1 aromatic heterocycles. The lowest BCUT2D eigenvalue weighted by atomic mass is 10.2. The first kappa shape index (κ1) is 16.8. The summed E-state index contributed by atoms with van der Waals surface area (Å²) in [6.07, 6.45) is 3.71. The van der Waals surface area contributed by atoms with Crippen LogP contribution >= 0.6 is 27.7 Å². The van der Waals surface area contributed by atoms with Crippen LogP contribution in [0.5, 0.6) is 0 Å². The largest absolute Gasteiger partial charge is 0.466 e. The number of carbonyl (C=O) groups excluding carboxylic acids is 1. The van der Waals surface area contributed by atoms with Crippen LogP contribution in [-0.4, -0.2) is 28.8 Å². The maximum Gasteiger partial charge on any atom is 0.310 e. The van der Waals surface area contributed by atoms with E-state index in [0.717, 1.165) is 10.2 Å². The highest BCUT2D eigenvalue weighted by atomic mass is 79.9. The zero-order chi connectivity index (χ0) is 15.9. The molecule has 0 fully saturated rings. The third-order valence-corrected chi connectivity index (χ3v) is 3.86. The Kier molecular flexibility index (Phi) is 6.21. The second-order valence-corrected chi connectivity index (χ2v) is 6.03. The van der Waals surface area contributed by atoms with Crippen LogP contribution in [0.2, 0.25) is 0 Å². The molecular formula is C15H16BrN3O2S. The Morgan fingerprint density at radius 1 is 1.36 bits per heavy atom. The zero-order valence-corrected chi connectivity index (χ0v) is 14.7. The minimum absolute atomic E-state index is 0.140. The van der Waals surface area contributed by atoms with E-state index in [1.807, 2.05) is 30.5 Å². The SMILES string of the molecule is CCOC(=O)Cc1cnc(SC)nc1Nc1ccc(Br)cc1. The molecule has 0 amide bonds. The lowest BCUT2D eigenvalue weighted by Gasteiger charge is -2.11. The standard InChI is InChI=1S/C15H16BrN3O2S/c1-3-21-13(20)8-10-9-17-15(22-2)19-14(10)18-12-6-4-11(16)5-7-12/h4-7,9H,3,8H2,1-2H3,(H,17,18,19). The molecule has 0 radical (unpaired) electrons. The van der Waals surface area contributed by atoms with Crippen LogP contribution in [0.4, 0.5) is 11.5 Å². The second-order valence-electron chi connectivity index (χ2n) is 4.34. The number of benzene rings is 1. The van der Waals surface area contributed by atoms with Crippen molar-refractivity contribution in [3.63, 3.8) is 0 Å². The van der Waals surface area contributed by atoms with E-state index in [9.17, 15) is 4.79 Å². The van der Waals surface area contributed by atoms with E-state index in [0.29, 0.717) is 23.1 Å². The van der Waals surface area contributed by atoms with Crippen molar-refractivity contribution in [3.05, 3.63) is 40.5 Å². The summed E-state index contributed by atoms with van der Waals surface area (Å²) in [4.78, 5) is 20.4. The maximum absolute atomic E-state index is 11.7. The molecule has 0 aliphatic rings. The van der Waals surface area contributed by atoms with Gasteiger partial charge in [0.2, 0.25) is 0 Å². The predicted octanol–water partition coefficient (Wildman–Crippen LogP) is 3.81. The van der Waals surface area contributed by atoms with Crippen molar-refractivity contribution in [2.24, 2.45) is 0 Å². The number of hydrogen-bond acceptors (Lipinski definition) is 6. The number of rotatable bonds is 6. The molecule has 0 saturated carbocycles. The predicted molar refractivity (Wildman–Crippen MR) is 91.6 cm³/mol. The fourth-order valence-electron chi connectivity index (χ4n) is 1.76. The number of hydrogen-bond donors (Lipinski definition) is 1. The number of aromatic nitrogens is 2. The van der Waals surface area contributed by atoms with Crippen molar-refractivity contribution in [2.45, 2.75) is 18.5 Å². The molecule has 0 atom stereocenters. The summed E-state index contributed by atoms with van der Waals surface area (Å²) in [5.41, 5.74) is 1.60. The summed E-state index contributed by atoms with van der Waals surface area (Å²) in [5.74, 6) is 0.330. The molecule has 1 N–H and O–H groups in total. The molecule has 5 nitrogen and oxygen atoms in total. The van der Waals surface area contributed by atoms with Crippen LogP contribution in [-0.2, 0) is 16.0 Å². The van der Waals surface area contributed by atoms with Crippen molar-refractivity contribution in [3.8, 4) is 0 Å². The van der Waals surface area contributed by atoms with Crippen molar-refractivity contribution < 1.29 is 9.53 Å². The molecule has 1 aromatic carbocycles. The van der Waals surface area contributed by atoms with Gasteiger partial charge in [-0.2, -0.15) is 0 Å². The Morgan fingerprint density at radius 2 is 2.09 bits per heavy atom. The van der Waals surface area contributed by atoms with E-state index in [1.54, 1.807) is 13.1 Å². The Labute approximate surface area is 142 Å². The van der Waals surface area contributed by atoms with Gasteiger partial charge in [0.1, 0.15) is 5.82 Å². The first-order chi connectivity index (χ1) is 10.6. The van der Waals surface area contributed by atoms with E-state index in [2.05, 4.69) is 31.2 Å². The average Bonchev–Trinajstić information content (AvgIpc) is 2.51. The normalized spacial score (nSPS) is 10.3. The molecule has 116 valence electrons. The number of anilines is 2. The summed E-state index contributed by atoms with van der Waals surface area (Å²) >= 11 is 4.85. The molecule has 22 heavy (non-hydrogen) atoms. The third kappa shape index (κ3) is 4.71. The number of nitrogens with one attached hydrogen (secondary N) is 1. The first-order valence-corrected chi connectivity index (χ1v) is 8.72. The number of nitrogens with zero attached hydrogens (tertiary/aromatic N) is 2. The fraction of sp³-hybridized carbons (Fsp3) is 0.267. The summed E-state index contributed by atoms with van der Waals surface area (Å²) in [6.45, 7) is 2.14. The Hall–Kier alpha value is -1.60. The van der Waals surface area contributed by atoms with E-state index in [4.69, 9.17) is 4.74 Å². The molecule has 2 aromatic rings. The minimum atomic E-state index is -0.290. The lowest BCUT2D eigenvalue weighted by molar-refractivity contribution is -0.142. The number of halogens is 1. The third-order valence-electron chi connectivity index (χ3n) is 2.77. The number of esters is 1. The molecule has 2 rings (SSSR count). The zero-order valence-electron chi connectivity index (χ0n) is 12.3. The molecule has 1 heterocycles. The van der Waals surface area contributed by atoms with Crippen LogP contribution in [0.15, 0.2) is 40.1 Å². The van der Waals surface area contributed by atoms with E-state index in [-0.39, 0.29) is 12.4 Å². The van der Waals surface area contributed by atoms with Gasteiger partial charge in [0.05, 0.1) is 13.0 Å². The van der Waals surface area contributed by atoms with Crippen molar-refractivity contribution >= 4 is 45.2 Å². The molecule has 0 bridgehead atoms.